The van der Waals surface area contributed by atoms with E-state index in [1.807, 2.05) is 12.1 Å². The van der Waals surface area contributed by atoms with Gasteiger partial charge in [0.05, 0.1) is 18.9 Å². The van der Waals surface area contributed by atoms with Gasteiger partial charge in [0, 0.05) is 26.7 Å². The number of carbonyl (C=O) groups is 2. The van der Waals surface area contributed by atoms with Crippen LogP contribution in [0.4, 0.5) is 0 Å². The summed E-state index contributed by atoms with van der Waals surface area (Å²) < 4.78 is 5.19. The van der Waals surface area contributed by atoms with Gasteiger partial charge < -0.3 is 15.4 Å². The van der Waals surface area contributed by atoms with Crippen LogP contribution < -0.4 is 15.4 Å². The predicted octanol–water partition coefficient (Wildman–Crippen LogP) is 1.99. The van der Waals surface area contributed by atoms with Gasteiger partial charge in [-0.05, 0) is 55.2 Å². The van der Waals surface area contributed by atoms with Gasteiger partial charge in [0.1, 0.15) is 5.75 Å². The van der Waals surface area contributed by atoms with Crippen molar-refractivity contribution >= 4 is 17.8 Å². The summed E-state index contributed by atoms with van der Waals surface area (Å²) in [6.45, 7) is 1.71. The Bertz CT molecular complexity index is 834. The van der Waals surface area contributed by atoms with Crippen molar-refractivity contribution in [2.45, 2.75) is 25.7 Å². The maximum atomic E-state index is 12.7. The summed E-state index contributed by atoms with van der Waals surface area (Å²) in [4.78, 5) is 31.1. The summed E-state index contributed by atoms with van der Waals surface area (Å²) in [5.41, 5.74) is 1.30. The summed E-state index contributed by atoms with van der Waals surface area (Å²) in [6, 6.07) is 8.18. The minimum atomic E-state index is -0.120. The number of fused-ring (bicyclic) bond motifs is 5. The largest absolute Gasteiger partial charge is 0.497 e. The number of allylic oxidation sites excluding steroid dienone is 2. The van der Waals surface area contributed by atoms with Crippen molar-refractivity contribution < 1.29 is 14.3 Å². The number of rotatable bonds is 9. The van der Waals surface area contributed by atoms with Crippen molar-refractivity contribution in [3.05, 3.63) is 42.0 Å². The van der Waals surface area contributed by atoms with E-state index in [1.54, 1.807) is 14.2 Å². The smallest absolute Gasteiger partial charge is 0.233 e. The van der Waals surface area contributed by atoms with Gasteiger partial charge in [-0.2, -0.15) is 0 Å². The van der Waals surface area contributed by atoms with Crippen LogP contribution in [0.1, 0.15) is 24.8 Å². The number of hydrogen-bond acceptors (Lipinski definition) is 4. The molecule has 2 aliphatic carbocycles. The lowest BCUT2D eigenvalue weighted by atomic mass is 9.85. The highest BCUT2D eigenvalue weighted by molar-refractivity contribution is 6.06. The van der Waals surface area contributed by atoms with E-state index in [0.717, 1.165) is 38.0 Å². The van der Waals surface area contributed by atoms with Crippen LogP contribution in [0.5, 0.6) is 5.75 Å². The van der Waals surface area contributed by atoms with Crippen LogP contribution in [0.25, 0.3) is 0 Å². The average Bonchev–Trinajstić information content (AvgIpc) is 3.47. The van der Waals surface area contributed by atoms with E-state index < -0.39 is 0 Å². The molecule has 166 valence electrons. The van der Waals surface area contributed by atoms with Gasteiger partial charge in [0.25, 0.3) is 0 Å². The van der Waals surface area contributed by atoms with E-state index in [1.165, 1.54) is 10.5 Å². The number of methoxy groups -OCH3 is 1. The number of likely N-dealkylation sites (tertiary alicyclic amines) is 1. The third-order valence-electron chi connectivity index (χ3n) is 6.76. The van der Waals surface area contributed by atoms with Crippen LogP contribution in [0.15, 0.2) is 41.4 Å². The molecule has 0 spiro atoms. The van der Waals surface area contributed by atoms with E-state index in [9.17, 15) is 9.59 Å². The third kappa shape index (κ3) is 4.45. The Morgan fingerprint density at radius 2 is 1.68 bits per heavy atom. The van der Waals surface area contributed by atoms with Gasteiger partial charge in [0.2, 0.25) is 11.8 Å². The van der Waals surface area contributed by atoms with E-state index >= 15 is 0 Å². The van der Waals surface area contributed by atoms with Crippen molar-refractivity contribution in [3.63, 3.8) is 0 Å². The number of amides is 2. The van der Waals surface area contributed by atoms with Crippen molar-refractivity contribution in [2.24, 2.45) is 28.7 Å². The molecule has 4 rings (SSSR count). The molecule has 3 aliphatic rings. The van der Waals surface area contributed by atoms with Crippen molar-refractivity contribution in [1.82, 2.24) is 15.5 Å². The Balaban J connectivity index is 1.13. The molecule has 0 aromatic heterocycles. The normalized spacial score (nSPS) is 26.5. The Morgan fingerprint density at radius 3 is 2.29 bits per heavy atom. The number of nitrogens with one attached hydrogen (secondary N) is 2. The molecule has 2 N–H and O–H groups in total. The molecule has 2 bridgehead atoms. The molecule has 7 heteroatoms. The first-order chi connectivity index (χ1) is 15.1. The molecule has 1 saturated heterocycles. The Kier molecular flexibility index (Phi) is 6.59. The summed E-state index contributed by atoms with van der Waals surface area (Å²) >= 11 is 0. The monoisotopic (exact) mass is 424 g/mol. The lowest BCUT2D eigenvalue weighted by Crippen LogP contribution is -2.43. The maximum Gasteiger partial charge on any atom is 0.233 e. The number of imide groups is 1. The lowest BCUT2D eigenvalue weighted by molar-refractivity contribution is -0.140. The zero-order valence-electron chi connectivity index (χ0n) is 18.3. The van der Waals surface area contributed by atoms with Crippen LogP contribution in [-0.2, 0) is 16.0 Å². The highest BCUT2D eigenvalue weighted by Crippen LogP contribution is 2.52. The minimum Gasteiger partial charge on any atom is -0.497 e. The SMILES string of the molecule is CN=C(NCCCCc1ccc(OC)cc1)NCCN1C(=O)C2C3C=CC(C3)C2C1=O. The highest BCUT2D eigenvalue weighted by atomic mass is 16.5. The second-order valence-electron chi connectivity index (χ2n) is 8.56. The fourth-order valence-electron chi connectivity index (χ4n) is 5.14. The van der Waals surface area contributed by atoms with Gasteiger partial charge in [-0.1, -0.05) is 24.3 Å². The lowest BCUT2D eigenvalue weighted by Gasteiger charge is -2.18. The molecular formula is C24H32N4O3. The zero-order chi connectivity index (χ0) is 21.8. The van der Waals surface area contributed by atoms with Gasteiger partial charge in [-0.3, -0.25) is 19.5 Å². The fourth-order valence-corrected chi connectivity index (χ4v) is 5.14. The quantitative estimate of drug-likeness (QED) is 0.208. The fraction of sp³-hybridized carbons (Fsp3) is 0.542. The van der Waals surface area contributed by atoms with E-state index in [2.05, 4.69) is 39.9 Å². The Hall–Kier alpha value is -2.83. The number of unbranched alkanes of at least 4 members (excludes halogenated alkanes) is 1. The van der Waals surface area contributed by atoms with Crippen LogP contribution in [-0.4, -0.2) is 56.5 Å². The summed E-state index contributed by atoms with van der Waals surface area (Å²) in [5, 5.41) is 6.53. The summed E-state index contributed by atoms with van der Waals surface area (Å²) in [6.07, 6.45) is 8.34. The first kappa shape index (κ1) is 21.4. The molecule has 1 aromatic rings. The number of aliphatic imine (C=N–C) groups is 1. The zero-order valence-corrected chi connectivity index (χ0v) is 18.3. The van der Waals surface area contributed by atoms with Crippen LogP contribution >= 0.6 is 0 Å². The van der Waals surface area contributed by atoms with Gasteiger partial charge in [-0.15, -0.1) is 0 Å². The molecule has 1 aromatic carbocycles. The number of aryl methyl sites for hydroxylation is 1. The number of ether oxygens (including phenoxy) is 1. The molecular weight excluding hydrogens is 392 g/mol. The summed E-state index contributed by atoms with van der Waals surface area (Å²) in [5.74, 6) is 1.88. The molecule has 4 atom stereocenters. The molecule has 2 amide bonds. The molecule has 7 nitrogen and oxygen atoms in total. The predicted molar refractivity (Wildman–Crippen MR) is 120 cm³/mol. The van der Waals surface area contributed by atoms with E-state index in [4.69, 9.17) is 4.74 Å². The molecule has 31 heavy (non-hydrogen) atoms. The highest BCUT2D eigenvalue weighted by Gasteiger charge is 2.58. The van der Waals surface area contributed by atoms with Crippen LogP contribution in [0.2, 0.25) is 0 Å². The van der Waals surface area contributed by atoms with Crippen molar-refractivity contribution in [2.75, 3.05) is 33.8 Å². The topological polar surface area (TPSA) is 83.0 Å². The Morgan fingerprint density at radius 1 is 1.03 bits per heavy atom. The van der Waals surface area contributed by atoms with E-state index in [0.29, 0.717) is 19.0 Å². The standard InChI is InChI=1S/C24H32N4O3/c1-25-24(26-12-4-3-5-16-6-10-19(31-2)11-7-16)27-13-14-28-22(29)20-17-8-9-18(15-17)21(20)23(28)30/h6-11,17-18,20-21H,3-5,12-15H2,1-2H3,(H2,25,26,27). The maximum absolute atomic E-state index is 12.7. The average molecular weight is 425 g/mol. The Labute approximate surface area is 183 Å². The van der Waals surface area contributed by atoms with Gasteiger partial charge in [0.15, 0.2) is 5.96 Å². The molecule has 1 aliphatic heterocycles. The second kappa shape index (κ2) is 9.54. The van der Waals surface area contributed by atoms with E-state index in [-0.39, 0.29) is 35.5 Å². The van der Waals surface area contributed by atoms with Gasteiger partial charge in [-0.25, -0.2) is 0 Å². The minimum absolute atomic E-state index is 0.00938. The number of benzene rings is 1. The third-order valence-corrected chi connectivity index (χ3v) is 6.76. The molecule has 2 fully saturated rings. The van der Waals surface area contributed by atoms with Crippen molar-refractivity contribution in [3.8, 4) is 5.75 Å². The molecule has 0 radical (unpaired) electrons. The number of hydrogen-bond donors (Lipinski definition) is 2. The first-order valence-corrected chi connectivity index (χ1v) is 11.2. The first-order valence-electron chi connectivity index (χ1n) is 11.2. The summed E-state index contributed by atoms with van der Waals surface area (Å²) in [7, 11) is 3.40. The second-order valence-corrected chi connectivity index (χ2v) is 8.56. The molecule has 1 saturated carbocycles. The molecule has 4 unspecified atom stereocenters. The number of nitrogens with zero attached hydrogens (tertiary/aromatic N) is 2. The van der Waals surface area contributed by atoms with Gasteiger partial charge >= 0.3 is 0 Å². The number of carbonyl (C=O) groups excluding carboxylic acids is 2. The van der Waals surface area contributed by atoms with Crippen LogP contribution in [0.3, 0.4) is 0 Å². The van der Waals surface area contributed by atoms with Crippen molar-refractivity contribution in [1.29, 1.82) is 0 Å². The number of guanidine groups is 1. The molecule has 1 heterocycles. The van der Waals surface area contributed by atoms with Crippen LogP contribution in [0, 0.1) is 23.7 Å².